The van der Waals surface area contributed by atoms with E-state index in [0.29, 0.717) is 17.9 Å². The van der Waals surface area contributed by atoms with E-state index in [1.165, 1.54) is 0 Å². The molecule has 0 bridgehead atoms. The molecular formula is C16H23NO2. The van der Waals surface area contributed by atoms with Crippen molar-refractivity contribution in [3.05, 3.63) is 23.3 Å². The summed E-state index contributed by atoms with van der Waals surface area (Å²) in [7, 11) is 0. The first-order valence-corrected chi connectivity index (χ1v) is 6.91. The van der Waals surface area contributed by atoms with Crippen LogP contribution in [-0.4, -0.2) is 24.3 Å². The maximum atomic E-state index is 12.2. The zero-order valence-electron chi connectivity index (χ0n) is 12.3. The number of allylic oxidation sites excluding steroid dienone is 1. The van der Waals surface area contributed by atoms with E-state index in [9.17, 15) is 4.79 Å². The standard InChI is InChI=1S/C16H23NO2/c1-10-11-8-9-14(17-5)13(11)7-6-12(10)15(18)19-16(2,3)4/h6-7,11,13-14H,5,8-9H2,1-4H3/t11?,13?,14-/m0/s1. The molecule has 19 heavy (non-hydrogen) atoms. The van der Waals surface area contributed by atoms with E-state index < -0.39 is 5.60 Å². The molecule has 0 saturated heterocycles. The number of hydrogen-bond acceptors (Lipinski definition) is 3. The monoisotopic (exact) mass is 261 g/mol. The highest BCUT2D eigenvalue weighted by molar-refractivity contribution is 5.93. The lowest BCUT2D eigenvalue weighted by Gasteiger charge is -2.27. The molecule has 2 aliphatic carbocycles. The normalized spacial score (nSPS) is 30.2. The van der Waals surface area contributed by atoms with Crippen LogP contribution in [0.3, 0.4) is 0 Å². The number of esters is 1. The molecule has 2 aliphatic rings. The molecule has 0 amide bonds. The maximum Gasteiger partial charge on any atom is 0.338 e. The van der Waals surface area contributed by atoms with E-state index in [1.54, 1.807) is 0 Å². The van der Waals surface area contributed by atoms with Gasteiger partial charge in [-0.25, -0.2) is 4.79 Å². The Morgan fingerprint density at radius 2 is 2.11 bits per heavy atom. The van der Waals surface area contributed by atoms with Gasteiger partial charge in [-0.2, -0.15) is 0 Å². The average Bonchev–Trinajstić information content (AvgIpc) is 2.70. The van der Waals surface area contributed by atoms with E-state index in [0.717, 1.165) is 24.0 Å². The third-order valence-electron chi connectivity index (χ3n) is 4.00. The van der Waals surface area contributed by atoms with Gasteiger partial charge in [-0.3, -0.25) is 4.99 Å². The molecule has 3 atom stereocenters. The van der Waals surface area contributed by atoms with Gasteiger partial charge in [0.15, 0.2) is 0 Å². The van der Waals surface area contributed by atoms with E-state index in [4.69, 9.17) is 4.74 Å². The first kappa shape index (κ1) is 14.0. The van der Waals surface area contributed by atoms with Crippen LogP contribution in [0.5, 0.6) is 0 Å². The summed E-state index contributed by atoms with van der Waals surface area (Å²) in [4.78, 5) is 16.4. The highest BCUT2D eigenvalue weighted by Crippen LogP contribution is 2.43. The lowest BCUT2D eigenvalue weighted by molar-refractivity contribution is -0.149. The second kappa shape index (κ2) is 4.95. The molecule has 3 heteroatoms. The van der Waals surface area contributed by atoms with Crippen LogP contribution in [0.2, 0.25) is 0 Å². The Bertz CT molecular complexity index is 454. The molecule has 0 radical (unpaired) electrons. The maximum absolute atomic E-state index is 12.2. The molecule has 1 saturated carbocycles. The summed E-state index contributed by atoms with van der Waals surface area (Å²) in [5.74, 6) is 0.612. The zero-order valence-corrected chi connectivity index (χ0v) is 12.3. The summed E-state index contributed by atoms with van der Waals surface area (Å²) in [6.07, 6.45) is 6.16. The van der Waals surface area contributed by atoms with Crippen LogP contribution in [0, 0.1) is 11.8 Å². The minimum Gasteiger partial charge on any atom is -0.456 e. The van der Waals surface area contributed by atoms with E-state index >= 15 is 0 Å². The zero-order chi connectivity index (χ0) is 14.2. The number of aliphatic imine (C=N–C) groups is 1. The van der Waals surface area contributed by atoms with Gasteiger partial charge in [0.1, 0.15) is 5.60 Å². The number of nitrogens with zero attached hydrogens (tertiary/aromatic N) is 1. The summed E-state index contributed by atoms with van der Waals surface area (Å²) in [6.45, 7) is 11.4. The van der Waals surface area contributed by atoms with Gasteiger partial charge < -0.3 is 4.74 Å². The first-order valence-electron chi connectivity index (χ1n) is 6.91. The summed E-state index contributed by atoms with van der Waals surface area (Å²) in [5, 5.41) is 0. The smallest absolute Gasteiger partial charge is 0.338 e. The molecule has 0 heterocycles. The van der Waals surface area contributed by atoms with Crippen molar-refractivity contribution >= 4 is 12.7 Å². The molecule has 0 aromatic carbocycles. The van der Waals surface area contributed by atoms with Crippen LogP contribution in [0.4, 0.5) is 0 Å². The number of carbonyl (C=O) groups excluding carboxylic acids is 1. The van der Waals surface area contributed by atoms with Crippen molar-refractivity contribution in [3.8, 4) is 0 Å². The van der Waals surface area contributed by atoms with Crippen molar-refractivity contribution in [1.82, 2.24) is 0 Å². The average molecular weight is 261 g/mol. The quantitative estimate of drug-likeness (QED) is 0.565. The Hall–Kier alpha value is -1.38. The van der Waals surface area contributed by atoms with E-state index in [1.807, 2.05) is 33.8 Å². The Labute approximate surface area is 115 Å². The summed E-state index contributed by atoms with van der Waals surface area (Å²) < 4.78 is 5.47. The lowest BCUT2D eigenvalue weighted by atomic mass is 9.81. The largest absolute Gasteiger partial charge is 0.456 e. The number of carbonyl (C=O) groups is 1. The number of fused-ring (bicyclic) bond motifs is 1. The van der Waals surface area contributed by atoms with Gasteiger partial charge in [-0.15, -0.1) is 0 Å². The fraction of sp³-hybridized carbons (Fsp3) is 0.625. The van der Waals surface area contributed by atoms with Crippen molar-refractivity contribution in [3.63, 3.8) is 0 Å². The number of rotatable bonds is 2. The van der Waals surface area contributed by atoms with Gasteiger partial charge >= 0.3 is 5.97 Å². The third kappa shape index (κ3) is 2.80. The van der Waals surface area contributed by atoms with Crippen molar-refractivity contribution in [2.45, 2.75) is 52.2 Å². The molecule has 104 valence electrons. The summed E-state index contributed by atoms with van der Waals surface area (Å²) >= 11 is 0. The van der Waals surface area contributed by atoms with Crippen LogP contribution in [0.15, 0.2) is 28.3 Å². The molecule has 0 aromatic heterocycles. The lowest BCUT2D eigenvalue weighted by Crippen LogP contribution is -2.27. The van der Waals surface area contributed by atoms with Gasteiger partial charge in [0, 0.05) is 5.92 Å². The van der Waals surface area contributed by atoms with E-state index in [2.05, 4.69) is 17.8 Å². The third-order valence-corrected chi connectivity index (χ3v) is 4.00. The fourth-order valence-electron chi connectivity index (χ4n) is 3.08. The summed E-state index contributed by atoms with van der Waals surface area (Å²) in [6, 6.07) is 0.302. The van der Waals surface area contributed by atoms with Gasteiger partial charge in [0.2, 0.25) is 0 Å². The van der Waals surface area contributed by atoms with Crippen LogP contribution in [0.25, 0.3) is 0 Å². The highest BCUT2D eigenvalue weighted by atomic mass is 16.6. The van der Waals surface area contributed by atoms with Crippen molar-refractivity contribution in [1.29, 1.82) is 0 Å². The molecule has 3 nitrogen and oxygen atoms in total. The topological polar surface area (TPSA) is 38.7 Å². The molecule has 0 spiro atoms. The second-order valence-corrected chi connectivity index (χ2v) is 6.47. The second-order valence-electron chi connectivity index (χ2n) is 6.47. The Kier molecular flexibility index (Phi) is 3.66. The molecule has 1 fully saturated rings. The minimum absolute atomic E-state index is 0.213. The van der Waals surface area contributed by atoms with Crippen LogP contribution < -0.4 is 0 Å². The minimum atomic E-state index is -0.448. The van der Waals surface area contributed by atoms with Gasteiger partial charge in [-0.1, -0.05) is 17.7 Å². The Balaban J connectivity index is 2.20. The van der Waals surface area contributed by atoms with Gasteiger partial charge in [0.05, 0.1) is 11.6 Å². The van der Waals surface area contributed by atoms with E-state index in [-0.39, 0.29) is 5.97 Å². The molecule has 2 unspecified atom stereocenters. The van der Waals surface area contributed by atoms with Gasteiger partial charge in [0.25, 0.3) is 0 Å². The SMILES string of the molecule is C=N[C@H]1CCC2C(C)=C(C(=O)OC(C)(C)C)C=CC21. The fourth-order valence-corrected chi connectivity index (χ4v) is 3.08. The molecule has 0 N–H and O–H groups in total. The highest BCUT2D eigenvalue weighted by Gasteiger charge is 2.38. The Morgan fingerprint density at radius 1 is 1.42 bits per heavy atom. The molecular weight excluding hydrogens is 238 g/mol. The molecule has 0 aliphatic heterocycles. The van der Waals surface area contributed by atoms with Crippen LogP contribution >= 0.6 is 0 Å². The van der Waals surface area contributed by atoms with Crippen molar-refractivity contribution < 1.29 is 9.53 Å². The molecule has 0 aromatic rings. The number of ether oxygens (including phenoxy) is 1. The van der Waals surface area contributed by atoms with Crippen molar-refractivity contribution in [2.75, 3.05) is 0 Å². The predicted octanol–water partition coefficient (Wildman–Crippen LogP) is 3.31. The Morgan fingerprint density at radius 3 is 2.68 bits per heavy atom. The van der Waals surface area contributed by atoms with Crippen LogP contribution in [-0.2, 0) is 9.53 Å². The van der Waals surface area contributed by atoms with Crippen molar-refractivity contribution in [2.24, 2.45) is 16.8 Å². The van der Waals surface area contributed by atoms with Gasteiger partial charge in [-0.05, 0) is 53.2 Å². The predicted molar refractivity (Wildman–Crippen MR) is 77.2 cm³/mol. The summed E-state index contributed by atoms with van der Waals surface area (Å²) in [5.41, 5.74) is 1.42. The molecule has 2 rings (SSSR count). The van der Waals surface area contributed by atoms with Crippen LogP contribution in [0.1, 0.15) is 40.5 Å². The first-order chi connectivity index (χ1) is 8.83. The number of hydrogen-bond donors (Lipinski definition) is 0.